The number of alkyl halides is 1. The molecular formula is C31H49Br2N3O18S2. The molecule has 0 aromatic carbocycles. The summed E-state index contributed by atoms with van der Waals surface area (Å²) in [6.07, 6.45) is -8.75. The second-order valence-corrected chi connectivity index (χ2v) is 13.8. The third-order valence-electron chi connectivity index (χ3n) is 6.27. The van der Waals surface area contributed by atoms with Gasteiger partial charge in [-0.05, 0) is 0 Å². The van der Waals surface area contributed by atoms with Crippen LogP contribution < -0.4 is 15.8 Å². The molecule has 21 nitrogen and oxygen atoms in total. The molecule has 0 radical (unpaired) electrons. The van der Waals surface area contributed by atoms with Crippen LogP contribution in [0.3, 0.4) is 0 Å². The molecule has 2 heterocycles. The van der Waals surface area contributed by atoms with Gasteiger partial charge in [-0.3, -0.25) is 38.4 Å². The van der Waals surface area contributed by atoms with Crippen molar-refractivity contribution in [2.24, 2.45) is 11.5 Å². The second kappa shape index (κ2) is 28.2. The first-order chi connectivity index (χ1) is 25.6. The van der Waals surface area contributed by atoms with Crippen molar-refractivity contribution in [3.8, 4) is 0 Å². The van der Waals surface area contributed by atoms with Gasteiger partial charge in [-0.1, -0.05) is 47.3 Å². The minimum Gasteiger partial charge on any atom is -0.463 e. The predicted molar refractivity (Wildman–Crippen MR) is 205 cm³/mol. The number of hydrogen-bond donors (Lipinski definition) is 3. The fourth-order valence-corrected chi connectivity index (χ4v) is 6.57. The summed E-state index contributed by atoms with van der Waals surface area (Å²) in [6.45, 7) is 8.86. The Hall–Kier alpha value is -3.20. The second-order valence-electron chi connectivity index (χ2n) is 10.9. The van der Waals surface area contributed by atoms with Gasteiger partial charge >= 0.3 is 47.8 Å². The van der Waals surface area contributed by atoms with E-state index in [1.54, 1.807) is 0 Å². The van der Waals surface area contributed by atoms with Crippen molar-refractivity contribution < 1.29 is 85.7 Å². The van der Waals surface area contributed by atoms with E-state index in [1.807, 2.05) is 0 Å². The fraction of sp³-hybridized carbons (Fsp3) is 0.710. The molecule has 0 spiro atoms. The molecule has 11 atom stereocenters. The van der Waals surface area contributed by atoms with Crippen molar-refractivity contribution in [3.05, 3.63) is 0 Å². The van der Waals surface area contributed by atoms with Crippen LogP contribution in [0.25, 0.3) is 0 Å². The van der Waals surface area contributed by atoms with E-state index in [0.29, 0.717) is 0 Å². The van der Waals surface area contributed by atoms with Gasteiger partial charge in [0.15, 0.2) is 41.6 Å². The Morgan fingerprint density at radius 2 is 0.929 bits per heavy atom. The molecule has 0 saturated carbocycles. The molecule has 5 N–H and O–H groups in total. The number of thioether (sulfide) groups is 1. The highest BCUT2D eigenvalue weighted by Crippen LogP contribution is 2.35. The number of carbonyl (C=O) groups is 8. The van der Waals surface area contributed by atoms with Gasteiger partial charge in [0, 0.05) is 71.5 Å². The lowest BCUT2D eigenvalue weighted by atomic mass is 9.99. The quantitative estimate of drug-likeness (QED) is 0.0578. The van der Waals surface area contributed by atoms with E-state index in [-0.39, 0.29) is 20.6 Å². The molecule has 2 saturated heterocycles. The average molecular weight is 976 g/mol. The number of carbonyl (C=O) groups excluding carboxylic acids is 8. The standard InChI is InChI=1S/C15H23BrN2O9S.C14H19BrO9.CH3NS.CH4/c1-6(19)23-5-10-11(24-7(2)20)12(25-8(3)21)13(26-9(4)22)14(27-10)28-15(17)18-16;1-6(16)20-5-10-11(21-7(2)17)12(22-8(3)18)13(14(15)24-10)23-9(4)19;2-1-3;/h10-15,18H,5,17H2,1-4H3;10-14H,5H2,1-4H3;1H,(H2,2,3);1H4. The van der Waals surface area contributed by atoms with Crippen LogP contribution in [0.15, 0.2) is 0 Å². The number of rotatable bonds is 13. The van der Waals surface area contributed by atoms with Crippen LogP contribution in [-0.4, -0.2) is 131 Å². The highest BCUT2D eigenvalue weighted by Gasteiger charge is 2.53. The van der Waals surface area contributed by atoms with Crippen molar-refractivity contribution in [2.45, 2.75) is 128 Å². The average Bonchev–Trinajstić information content (AvgIpc) is 3.04. The maximum absolute atomic E-state index is 11.7. The van der Waals surface area contributed by atoms with E-state index in [1.165, 1.54) is 27.7 Å². The lowest BCUT2D eigenvalue weighted by molar-refractivity contribution is -0.237. The van der Waals surface area contributed by atoms with Crippen LogP contribution in [0.5, 0.6) is 0 Å². The van der Waals surface area contributed by atoms with E-state index in [2.05, 4.69) is 54.4 Å². The molecule has 56 heavy (non-hydrogen) atoms. The molecule has 2 rings (SSSR count). The monoisotopic (exact) mass is 973 g/mol. The number of thiocarbonyl (C=S) groups is 1. The maximum Gasteiger partial charge on any atom is 0.303 e. The summed E-state index contributed by atoms with van der Waals surface area (Å²) < 4.78 is 55.2. The molecule has 322 valence electrons. The summed E-state index contributed by atoms with van der Waals surface area (Å²) >= 11 is 11.2. The zero-order chi connectivity index (χ0) is 42.6. The Bertz CT molecular complexity index is 1350. The number of halogens is 2. The Labute approximate surface area is 350 Å². The van der Waals surface area contributed by atoms with Crippen LogP contribution in [-0.2, 0) is 85.7 Å². The lowest BCUT2D eigenvalue weighted by Crippen LogP contribution is -2.62. The van der Waals surface area contributed by atoms with Crippen molar-refractivity contribution in [2.75, 3.05) is 13.2 Å². The van der Waals surface area contributed by atoms with Gasteiger partial charge < -0.3 is 58.8 Å². The van der Waals surface area contributed by atoms with Gasteiger partial charge in [0.1, 0.15) is 36.4 Å². The van der Waals surface area contributed by atoms with Crippen LogP contribution >= 0.6 is 56.1 Å². The molecule has 2 aliphatic rings. The third kappa shape index (κ3) is 21.4. The minimum absolute atomic E-state index is 0. The van der Waals surface area contributed by atoms with E-state index >= 15 is 0 Å². The van der Waals surface area contributed by atoms with E-state index < -0.39 is 113 Å². The fourth-order valence-electron chi connectivity index (χ4n) is 4.64. The van der Waals surface area contributed by atoms with Crippen molar-refractivity contribution in [1.29, 1.82) is 0 Å². The van der Waals surface area contributed by atoms with Crippen molar-refractivity contribution in [1.82, 2.24) is 4.34 Å². The summed E-state index contributed by atoms with van der Waals surface area (Å²) in [5.74, 6) is -5.16. The predicted octanol–water partition coefficient (Wildman–Crippen LogP) is 0.947. The number of ether oxygens (including phenoxy) is 10. The molecule has 2 aliphatic heterocycles. The minimum atomic E-state index is -1.21. The number of nitrogens with two attached hydrogens (primary N) is 2. The number of esters is 8. The largest absolute Gasteiger partial charge is 0.463 e. The summed E-state index contributed by atoms with van der Waals surface area (Å²) in [7, 11) is 0. The van der Waals surface area contributed by atoms with Crippen molar-refractivity contribution in [3.63, 3.8) is 0 Å². The van der Waals surface area contributed by atoms with Crippen LogP contribution in [0.1, 0.15) is 62.8 Å². The molecular weight excluding hydrogens is 926 g/mol. The van der Waals surface area contributed by atoms with Gasteiger partial charge in [0.2, 0.25) is 0 Å². The van der Waals surface area contributed by atoms with Crippen LogP contribution in [0, 0.1) is 0 Å². The highest BCUT2D eigenvalue weighted by molar-refractivity contribution is 9.09. The molecule has 2 fully saturated rings. The summed E-state index contributed by atoms with van der Waals surface area (Å²) in [6, 6.07) is 0. The number of hydrogen-bond acceptors (Lipinski definition) is 22. The normalized spacial score (nSPS) is 26.8. The first kappa shape index (κ1) is 54.9. The van der Waals surface area contributed by atoms with Gasteiger partial charge in [-0.15, -0.1) is 0 Å². The Kier molecular flexibility index (Phi) is 27.7. The van der Waals surface area contributed by atoms with Gasteiger partial charge in [0.25, 0.3) is 0 Å². The zero-order valence-electron chi connectivity index (χ0n) is 30.9. The Morgan fingerprint density at radius 3 is 1.27 bits per heavy atom. The summed E-state index contributed by atoms with van der Waals surface area (Å²) in [5, 5.41) is -0.863. The molecule has 0 aromatic heterocycles. The van der Waals surface area contributed by atoms with E-state index in [0.717, 1.165) is 44.9 Å². The van der Waals surface area contributed by atoms with E-state index in [4.69, 9.17) is 53.1 Å². The molecule has 0 amide bonds. The zero-order valence-corrected chi connectivity index (χ0v) is 35.7. The third-order valence-corrected chi connectivity index (χ3v) is 8.86. The summed E-state index contributed by atoms with van der Waals surface area (Å²) in [5.41, 5.74) is 9.83. The lowest BCUT2D eigenvalue weighted by Gasteiger charge is -2.44. The van der Waals surface area contributed by atoms with Crippen LogP contribution in [0.4, 0.5) is 0 Å². The Morgan fingerprint density at radius 1 is 0.625 bits per heavy atom. The first-order valence-electron chi connectivity index (χ1n) is 15.8. The topological polar surface area (TPSA) is 293 Å². The van der Waals surface area contributed by atoms with Crippen LogP contribution in [0.2, 0.25) is 0 Å². The molecule has 0 bridgehead atoms. The maximum atomic E-state index is 11.7. The molecule has 11 unspecified atom stereocenters. The molecule has 25 heteroatoms. The smallest absolute Gasteiger partial charge is 0.303 e. The van der Waals surface area contributed by atoms with E-state index in [9.17, 15) is 38.4 Å². The van der Waals surface area contributed by atoms with Gasteiger partial charge in [0.05, 0.1) is 5.49 Å². The SMILES string of the molecule is C.CC(=O)OCC1OC(Br)C(OC(C)=O)C(OC(C)=O)C1OC(C)=O.CC(=O)OCC1OC(SC(N)NBr)C(OC(C)=O)C(OC(C)=O)C1OC(C)=O.NC=S. The van der Waals surface area contributed by atoms with Gasteiger partial charge in [-0.25, -0.2) is 4.34 Å². The highest BCUT2D eigenvalue weighted by atomic mass is 79.9. The van der Waals surface area contributed by atoms with Crippen molar-refractivity contribution >= 4 is 109 Å². The summed E-state index contributed by atoms with van der Waals surface area (Å²) in [4.78, 5) is 91.2. The molecule has 0 aromatic rings. The first-order valence-corrected chi connectivity index (χ1v) is 18.9. The number of nitrogens with one attached hydrogen (secondary N) is 1. The van der Waals surface area contributed by atoms with Gasteiger partial charge in [-0.2, -0.15) is 0 Å². The Balaban J connectivity index is 0. The molecule has 0 aliphatic carbocycles.